The van der Waals surface area contributed by atoms with E-state index in [0.29, 0.717) is 24.0 Å². The third-order valence-electron chi connectivity index (χ3n) is 6.95. The molecule has 9 nitrogen and oxygen atoms in total. The van der Waals surface area contributed by atoms with E-state index in [0.717, 1.165) is 58.3 Å². The molecule has 35 heavy (non-hydrogen) atoms. The van der Waals surface area contributed by atoms with Gasteiger partial charge in [0, 0.05) is 69.2 Å². The summed E-state index contributed by atoms with van der Waals surface area (Å²) < 4.78 is 7.65. The molecule has 9 heteroatoms. The molecular formula is C26H34N6O3. The average Bonchev–Trinajstić information content (AvgIpc) is 3.24. The molecule has 1 aromatic carbocycles. The van der Waals surface area contributed by atoms with Gasteiger partial charge in [0.05, 0.1) is 5.56 Å². The van der Waals surface area contributed by atoms with Crippen molar-refractivity contribution in [2.75, 3.05) is 31.1 Å². The summed E-state index contributed by atoms with van der Waals surface area (Å²) in [4.78, 5) is 28.7. The van der Waals surface area contributed by atoms with E-state index in [2.05, 4.69) is 67.7 Å². The van der Waals surface area contributed by atoms with Crippen LogP contribution in [-0.4, -0.2) is 53.0 Å². The highest BCUT2D eigenvalue weighted by Crippen LogP contribution is 2.22. The number of para-hydroxylation sites is 1. The monoisotopic (exact) mass is 478 g/mol. The predicted octanol–water partition coefficient (Wildman–Crippen LogP) is 3.16. The minimum Gasteiger partial charge on any atom is -0.350 e. The lowest BCUT2D eigenvalue weighted by molar-refractivity contribution is -0.186. The number of carbonyl (C=O) groups is 1. The third kappa shape index (κ3) is 5.80. The summed E-state index contributed by atoms with van der Waals surface area (Å²) >= 11 is 0. The van der Waals surface area contributed by atoms with Gasteiger partial charge in [0.2, 0.25) is 5.95 Å². The van der Waals surface area contributed by atoms with Gasteiger partial charge in [-0.25, -0.2) is 20.3 Å². The molecule has 0 spiro atoms. The third-order valence-corrected chi connectivity index (χ3v) is 6.95. The Hall–Kier alpha value is -3.01. The van der Waals surface area contributed by atoms with Gasteiger partial charge in [0.1, 0.15) is 0 Å². The fraction of sp³-hybridized carbons (Fsp3) is 0.500. The Morgan fingerprint density at radius 2 is 1.94 bits per heavy atom. The number of fused-ring (bicyclic) bond motifs is 1. The van der Waals surface area contributed by atoms with Crippen LogP contribution in [0.3, 0.4) is 0 Å². The summed E-state index contributed by atoms with van der Waals surface area (Å²) in [6.07, 6.45) is 9.98. The Morgan fingerprint density at radius 1 is 1.14 bits per heavy atom. The number of nitrogens with one attached hydrogen (secondary N) is 2. The first kappa shape index (κ1) is 23.7. The van der Waals surface area contributed by atoms with Gasteiger partial charge >= 0.3 is 0 Å². The maximum absolute atomic E-state index is 12.3. The summed E-state index contributed by atoms with van der Waals surface area (Å²) in [6, 6.07) is 8.54. The summed E-state index contributed by atoms with van der Waals surface area (Å²) in [6.45, 7) is 4.37. The van der Waals surface area contributed by atoms with Gasteiger partial charge in [-0.1, -0.05) is 18.2 Å². The molecule has 0 radical (unpaired) electrons. The predicted molar refractivity (Wildman–Crippen MR) is 134 cm³/mol. The molecule has 2 N–H and O–H groups in total. The van der Waals surface area contributed by atoms with Crippen molar-refractivity contribution in [3.05, 3.63) is 54.0 Å². The lowest BCUT2D eigenvalue weighted by Crippen LogP contribution is -2.38. The number of hydroxylamine groups is 1. The molecule has 1 unspecified atom stereocenters. The van der Waals surface area contributed by atoms with Gasteiger partial charge in [-0.15, -0.1) is 0 Å². The molecule has 2 aliphatic heterocycles. The first-order valence-electron chi connectivity index (χ1n) is 12.6. The molecule has 2 aromatic heterocycles. The zero-order valence-electron chi connectivity index (χ0n) is 20.3. The molecule has 3 aromatic rings. The maximum Gasteiger partial charge on any atom is 0.278 e. The quantitative estimate of drug-likeness (QED) is 0.481. The van der Waals surface area contributed by atoms with Crippen molar-refractivity contribution < 1.29 is 14.4 Å². The number of ether oxygens (including phenoxy) is 1. The molecule has 1 atom stereocenters. The Bertz CT molecular complexity index is 1120. The van der Waals surface area contributed by atoms with Gasteiger partial charge in [0.25, 0.3) is 5.91 Å². The second-order valence-corrected chi connectivity index (χ2v) is 9.46. The molecule has 1 amide bonds. The Balaban J connectivity index is 1.05. The largest absolute Gasteiger partial charge is 0.350 e. The van der Waals surface area contributed by atoms with Crippen molar-refractivity contribution >= 4 is 22.8 Å². The van der Waals surface area contributed by atoms with Crippen molar-refractivity contribution in [1.29, 1.82) is 0 Å². The van der Waals surface area contributed by atoms with Crippen molar-refractivity contribution in [1.82, 2.24) is 25.3 Å². The van der Waals surface area contributed by atoms with E-state index in [1.165, 1.54) is 16.5 Å². The van der Waals surface area contributed by atoms with Crippen LogP contribution >= 0.6 is 0 Å². The van der Waals surface area contributed by atoms with Crippen LogP contribution < -0.4 is 15.7 Å². The van der Waals surface area contributed by atoms with Crippen molar-refractivity contribution in [3.63, 3.8) is 0 Å². The number of hydrogen-bond acceptors (Lipinski definition) is 7. The van der Waals surface area contributed by atoms with Crippen LogP contribution in [0.1, 0.15) is 48.0 Å². The number of carbonyl (C=O) groups excluding carboxylic acids is 1. The van der Waals surface area contributed by atoms with Gasteiger partial charge in [0.15, 0.2) is 6.29 Å². The van der Waals surface area contributed by atoms with Gasteiger partial charge in [-0.05, 0) is 49.8 Å². The summed E-state index contributed by atoms with van der Waals surface area (Å²) in [7, 11) is 2.10. The standard InChI is InChI=1S/C26H34N6O3/c1-31-18-21(22-6-2-3-7-23(22)31)15-27-14-19-9-11-32(12-10-19)26-28-16-20(17-29-26)25(33)30-35-24-8-4-5-13-34-24/h2-3,6-7,16-19,24,27H,4-5,8-15H2,1H3,(H,30,33). The van der Waals surface area contributed by atoms with Gasteiger partial charge in [-0.3, -0.25) is 4.79 Å². The molecular weight excluding hydrogens is 444 g/mol. The number of hydrogen-bond donors (Lipinski definition) is 2. The summed E-state index contributed by atoms with van der Waals surface area (Å²) in [5.41, 5.74) is 5.43. The fourth-order valence-electron chi connectivity index (χ4n) is 4.90. The molecule has 2 fully saturated rings. The lowest BCUT2D eigenvalue weighted by atomic mass is 9.97. The van der Waals surface area contributed by atoms with Crippen LogP contribution in [0.15, 0.2) is 42.9 Å². The number of amides is 1. The highest BCUT2D eigenvalue weighted by Gasteiger charge is 2.22. The number of aromatic nitrogens is 3. The maximum atomic E-state index is 12.3. The smallest absolute Gasteiger partial charge is 0.278 e. The Kier molecular flexibility index (Phi) is 7.56. The number of benzene rings is 1. The number of piperidine rings is 1. The van der Waals surface area contributed by atoms with E-state index in [1.54, 1.807) is 12.4 Å². The number of rotatable bonds is 8. The van der Waals surface area contributed by atoms with Gasteiger partial charge < -0.3 is 19.5 Å². The van der Waals surface area contributed by atoms with Crippen molar-refractivity contribution in [3.8, 4) is 0 Å². The zero-order valence-corrected chi connectivity index (χ0v) is 20.3. The van der Waals surface area contributed by atoms with E-state index in [9.17, 15) is 4.79 Å². The topological polar surface area (TPSA) is 93.5 Å². The number of nitrogens with zero attached hydrogens (tertiary/aromatic N) is 4. The van der Waals surface area contributed by atoms with Crippen LogP contribution in [0.25, 0.3) is 10.9 Å². The fourth-order valence-corrected chi connectivity index (χ4v) is 4.90. The normalized spacial score (nSPS) is 19.2. The van der Waals surface area contributed by atoms with E-state index in [-0.39, 0.29) is 12.2 Å². The molecule has 0 bridgehead atoms. The molecule has 2 saturated heterocycles. The summed E-state index contributed by atoms with van der Waals surface area (Å²) in [5, 5.41) is 4.98. The van der Waals surface area contributed by atoms with E-state index in [1.807, 2.05) is 0 Å². The average molecular weight is 479 g/mol. The second kappa shape index (κ2) is 11.2. The van der Waals surface area contributed by atoms with E-state index < -0.39 is 0 Å². The molecule has 186 valence electrons. The minimum atomic E-state index is -0.379. The van der Waals surface area contributed by atoms with Crippen LogP contribution in [0.5, 0.6) is 0 Å². The van der Waals surface area contributed by atoms with Crippen LogP contribution in [0, 0.1) is 5.92 Å². The first-order chi connectivity index (χ1) is 17.2. The number of aryl methyl sites for hydroxylation is 1. The minimum absolute atomic E-state index is 0.360. The SMILES string of the molecule is Cn1cc(CNCC2CCN(c3ncc(C(=O)NOC4CCCCO4)cn3)CC2)c2ccccc21. The van der Waals surface area contributed by atoms with Crippen LogP contribution in [0.2, 0.25) is 0 Å². The number of anilines is 1. The molecule has 4 heterocycles. The van der Waals surface area contributed by atoms with Gasteiger partial charge in [-0.2, -0.15) is 0 Å². The summed E-state index contributed by atoms with van der Waals surface area (Å²) in [5.74, 6) is 0.937. The van der Waals surface area contributed by atoms with E-state index >= 15 is 0 Å². The first-order valence-corrected chi connectivity index (χ1v) is 12.6. The van der Waals surface area contributed by atoms with E-state index in [4.69, 9.17) is 9.57 Å². The van der Waals surface area contributed by atoms with Crippen LogP contribution in [0.4, 0.5) is 5.95 Å². The van der Waals surface area contributed by atoms with Crippen molar-refractivity contribution in [2.45, 2.75) is 44.9 Å². The molecule has 0 aliphatic carbocycles. The van der Waals surface area contributed by atoms with Crippen molar-refractivity contribution in [2.24, 2.45) is 13.0 Å². The Morgan fingerprint density at radius 3 is 2.71 bits per heavy atom. The molecule has 0 saturated carbocycles. The highest BCUT2D eigenvalue weighted by molar-refractivity contribution is 5.92. The molecule has 5 rings (SSSR count). The highest BCUT2D eigenvalue weighted by atomic mass is 16.8. The van der Waals surface area contributed by atoms with Crippen LogP contribution in [-0.2, 0) is 23.2 Å². The lowest BCUT2D eigenvalue weighted by Gasteiger charge is -2.32. The second-order valence-electron chi connectivity index (χ2n) is 9.46. The molecule has 2 aliphatic rings. The zero-order chi connectivity index (χ0) is 24.0. The Labute approximate surface area is 205 Å².